The largest absolute Gasteiger partial charge is 0.505 e. The summed E-state index contributed by atoms with van der Waals surface area (Å²) in [6.45, 7) is 0. The summed E-state index contributed by atoms with van der Waals surface area (Å²) in [5.41, 5.74) is 4.16. The summed E-state index contributed by atoms with van der Waals surface area (Å²) in [7, 11) is 3.27. The molecule has 0 unspecified atom stereocenters. The fourth-order valence-electron chi connectivity index (χ4n) is 4.93. The molecule has 0 saturated carbocycles. The number of aromatic amines is 2. The van der Waals surface area contributed by atoms with E-state index in [0.717, 1.165) is 51.8 Å². The number of nitrogens with one attached hydrogen (secondary N) is 3. The number of aryl methyl sites for hydroxylation is 4. The van der Waals surface area contributed by atoms with Gasteiger partial charge in [-0.3, -0.25) is 24.8 Å². The number of anilines is 2. The van der Waals surface area contributed by atoms with E-state index in [1.165, 1.54) is 18.5 Å². The van der Waals surface area contributed by atoms with Crippen LogP contribution in [0, 0.1) is 11.5 Å². The molecule has 0 fully saturated rings. The normalized spacial score (nSPS) is 10.3. The fraction of sp³-hybridized carbons (Fsp3) is 0.162. The molecule has 51 heavy (non-hydrogen) atoms. The van der Waals surface area contributed by atoms with Gasteiger partial charge < -0.3 is 19.9 Å². The molecule has 2 amide bonds. The molecular weight excluding hydrogens is 650 g/mol. The van der Waals surface area contributed by atoms with Crippen molar-refractivity contribution >= 4 is 23.5 Å². The van der Waals surface area contributed by atoms with E-state index in [4.69, 9.17) is 9.47 Å². The Morgan fingerprint density at radius 3 is 2.08 bits per heavy atom. The molecule has 0 aliphatic carbocycles. The van der Waals surface area contributed by atoms with Gasteiger partial charge in [0.2, 0.25) is 0 Å². The molecule has 0 atom stereocenters. The third-order valence-corrected chi connectivity index (χ3v) is 7.56. The van der Waals surface area contributed by atoms with E-state index in [1.807, 2.05) is 54.7 Å². The lowest BCUT2D eigenvalue weighted by atomic mass is 10.1. The number of amides is 2. The second kappa shape index (κ2) is 17.4. The smallest absolute Gasteiger partial charge is 0.279 e. The summed E-state index contributed by atoms with van der Waals surface area (Å²) in [4.78, 5) is 33.3. The Labute approximate surface area is 293 Å². The minimum absolute atomic E-state index is 0.0324. The number of hydrogen-bond donors (Lipinski definition) is 4. The first-order valence-electron chi connectivity index (χ1n) is 15.8. The maximum atomic E-state index is 12.4. The van der Waals surface area contributed by atoms with E-state index < -0.39 is 11.8 Å². The highest BCUT2D eigenvalue weighted by atomic mass is 16.5. The van der Waals surface area contributed by atoms with Crippen molar-refractivity contribution in [1.82, 2.24) is 30.4 Å². The summed E-state index contributed by atoms with van der Waals surface area (Å²) in [6, 6.07) is 25.4. The number of aromatic hydroxyl groups is 1. The molecule has 2 aromatic carbocycles. The van der Waals surface area contributed by atoms with Crippen LogP contribution in [0.15, 0.2) is 104 Å². The maximum Gasteiger partial charge on any atom is 0.279 e. The maximum absolute atomic E-state index is 12.4. The third-order valence-electron chi connectivity index (χ3n) is 7.56. The third kappa shape index (κ3) is 9.77. The Morgan fingerprint density at radius 2 is 1.47 bits per heavy atom. The van der Waals surface area contributed by atoms with E-state index in [2.05, 4.69) is 35.7 Å². The molecule has 0 aliphatic heterocycles. The zero-order valence-electron chi connectivity index (χ0n) is 27.9. The first-order valence-corrected chi connectivity index (χ1v) is 15.8. The molecule has 4 N–H and O–H groups in total. The highest BCUT2D eigenvalue weighted by Crippen LogP contribution is 2.19. The van der Waals surface area contributed by atoms with Crippen molar-refractivity contribution in [1.29, 1.82) is 5.26 Å². The number of ether oxygens (including phenoxy) is 2. The Hall–Kier alpha value is -7.01. The molecule has 6 aromatic rings. The molecule has 0 radical (unpaired) electrons. The summed E-state index contributed by atoms with van der Waals surface area (Å²) in [5.74, 6) is 1.30. The van der Waals surface area contributed by atoms with Gasteiger partial charge in [0.1, 0.15) is 28.9 Å². The first-order chi connectivity index (χ1) is 24.9. The second-order valence-electron chi connectivity index (χ2n) is 11.0. The monoisotopic (exact) mass is 685 g/mol. The lowest BCUT2D eigenvalue weighted by Crippen LogP contribution is -2.26. The lowest BCUT2D eigenvalue weighted by Gasteiger charge is -2.10. The molecule has 4 heterocycles. The molecule has 14 nitrogen and oxygen atoms in total. The van der Waals surface area contributed by atoms with E-state index in [-0.39, 0.29) is 11.4 Å². The number of pyridine rings is 2. The molecule has 6 rings (SSSR count). The van der Waals surface area contributed by atoms with Gasteiger partial charge in [-0.25, -0.2) is 4.98 Å². The summed E-state index contributed by atoms with van der Waals surface area (Å²) >= 11 is 0. The van der Waals surface area contributed by atoms with Crippen LogP contribution >= 0.6 is 0 Å². The van der Waals surface area contributed by atoms with Crippen LogP contribution in [-0.4, -0.2) is 61.5 Å². The van der Waals surface area contributed by atoms with Gasteiger partial charge in [-0.2, -0.15) is 20.4 Å². The number of carbonyl (C=O) groups is 2. The molecule has 0 saturated heterocycles. The second-order valence-corrected chi connectivity index (χ2v) is 11.0. The van der Waals surface area contributed by atoms with Gasteiger partial charge in [-0.1, -0.05) is 24.3 Å². The van der Waals surface area contributed by atoms with Gasteiger partial charge in [0.05, 0.1) is 31.2 Å². The number of benzene rings is 2. The van der Waals surface area contributed by atoms with Crippen molar-refractivity contribution < 1.29 is 24.2 Å². The summed E-state index contributed by atoms with van der Waals surface area (Å²) in [6.07, 6.45) is 9.28. The molecule has 14 heteroatoms. The minimum Gasteiger partial charge on any atom is -0.505 e. The number of methoxy groups -OCH3 is 2. The molecule has 258 valence electrons. The molecule has 4 aromatic heterocycles. The Morgan fingerprint density at radius 1 is 0.824 bits per heavy atom. The van der Waals surface area contributed by atoms with Gasteiger partial charge in [-0.05, 0) is 85.3 Å². The van der Waals surface area contributed by atoms with Crippen LogP contribution in [0.2, 0.25) is 0 Å². The molecular formula is C37H35N9O5. The number of carbonyl (C=O) groups excluding carboxylic acids is 2. The molecule has 0 spiro atoms. The van der Waals surface area contributed by atoms with Gasteiger partial charge in [0.15, 0.2) is 11.9 Å². The first kappa shape index (κ1) is 35.3. The van der Waals surface area contributed by atoms with Crippen LogP contribution in [0.5, 0.6) is 17.2 Å². The van der Waals surface area contributed by atoms with E-state index in [1.54, 1.807) is 50.7 Å². The van der Waals surface area contributed by atoms with Crippen LogP contribution in [-0.2, 0) is 25.7 Å². The average molecular weight is 686 g/mol. The van der Waals surface area contributed by atoms with E-state index >= 15 is 0 Å². The number of H-pyrrole nitrogens is 2. The molecule has 0 bridgehead atoms. The number of nitriles is 1. The Bertz CT molecular complexity index is 2110. The number of aromatic nitrogens is 6. The van der Waals surface area contributed by atoms with Crippen molar-refractivity contribution in [2.75, 3.05) is 24.4 Å². The predicted molar refractivity (Wildman–Crippen MR) is 188 cm³/mol. The van der Waals surface area contributed by atoms with Crippen LogP contribution in [0.4, 0.5) is 11.6 Å². The SMILES string of the molecule is COc1cccc(CCc2cc(N(C#N)C(=O)c3cccnc3)[nH]n2)c1.COc1cccc(CCc2cc(NC(=O)c3ncccc3O)[nH]n2)c1. The van der Waals surface area contributed by atoms with Crippen LogP contribution in [0.25, 0.3) is 0 Å². The Kier molecular flexibility index (Phi) is 12.0. The van der Waals surface area contributed by atoms with Gasteiger partial charge >= 0.3 is 0 Å². The van der Waals surface area contributed by atoms with Crippen molar-refractivity contribution in [3.63, 3.8) is 0 Å². The van der Waals surface area contributed by atoms with Crippen LogP contribution in [0.3, 0.4) is 0 Å². The quantitative estimate of drug-likeness (QED) is 0.0972. The highest BCUT2D eigenvalue weighted by molar-refractivity contribution is 6.07. The predicted octanol–water partition coefficient (Wildman–Crippen LogP) is 5.28. The standard InChI is InChI=1S/C19H17N5O2.C18H18N4O3/c1-26-17-6-2-4-14(10-17)7-8-16-11-18(23-22-16)24(13-20)19(25)15-5-3-9-21-12-15;1-25-14-5-2-4-12(10-14)7-8-13-11-16(22-21-13)20-18(24)17-15(23)6-3-9-19-17/h2-6,9-12H,7-8H2,1H3,(H,22,23);2-6,9-11,23H,7-8H2,1H3,(H2,20,21,22,24). The number of hydrogen-bond acceptors (Lipinski definition) is 10. The van der Waals surface area contributed by atoms with Gasteiger partial charge in [-0.15, -0.1) is 0 Å². The summed E-state index contributed by atoms with van der Waals surface area (Å²) < 4.78 is 10.4. The topological polar surface area (TPSA) is 195 Å². The zero-order chi connectivity index (χ0) is 36.0. The van der Waals surface area contributed by atoms with Crippen LogP contribution < -0.4 is 19.7 Å². The van der Waals surface area contributed by atoms with Gasteiger partial charge in [0, 0.05) is 30.7 Å². The van der Waals surface area contributed by atoms with Crippen molar-refractivity contribution in [3.05, 3.63) is 137 Å². The highest BCUT2D eigenvalue weighted by Gasteiger charge is 2.20. The Balaban J connectivity index is 0.000000198. The fourth-order valence-corrected chi connectivity index (χ4v) is 4.93. The van der Waals surface area contributed by atoms with Crippen molar-refractivity contribution in [2.24, 2.45) is 0 Å². The van der Waals surface area contributed by atoms with Crippen molar-refractivity contribution in [3.8, 4) is 23.4 Å². The van der Waals surface area contributed by atoms with E-state index in [0.29, 0.717) is 30.0 Å². The zero-order valence-corrected chi connectivity index (χ0v) is 27.9. The lowest BCUT2D eigenvalue weighted by molar-refractivity contribution is 0.0995. The summed E-state index contributed by atoms with van der Waals surface area (Å²) in [5, 5.41) is 35.6. The average Bonchev–Trinajstić information content (AvgIpc) is 3.84. The van der Waals surface area contributed by atoms with E-state index in [9.17, 15) is 20.0 Å². The van der Waals surface area contributed by atoms with Crippen LogP contribution in [0.1, 0.15) is 43.4 Å². The molecule has 0 aliphatic rings. The van der Waals surface area contributed by atoms with Crippen molar-refractivity contribution in [2.45, 2.75) is 25.7 Å². The number of rotatable bonds is 12. The number of nitrogens with zero attached hydrogens (tertiary/aromatic N) is 6. The van der Waals surface area contributed by atoms with Gasteiger partial charge in [0.25, 0.3) is 11.8 Å². The minimum atomic E-state index is -0.499.